The first-order valence-corrected chi connectivity index (χ1v) is 9.67. The van der Waals surface area contributed by atoms with Gasteiger partial charge in [0.1, 0.15) is 5.82 Å². The van der Waals surface area contributed by atoms with Crippen LogP contribution in [0.4, 0.5) is 4.39 Å². The number of hydrazone groups is 1. The number of benzene rings is 3. The second-order valence-corrected chi connectivity index (χ2v) is 7.20. The molecular weight excluding hydrogens is 401 g/mol. The fraction of sp³-hybridized carbons (Fsp3) is 0.0435. The van der Waals surface area contributed by atoms with E-state index in [0.29, 0.717) is 12.1 Å². The molecule has 30 heavy (non-hydrogen) atoms. The highest BCUT2D eigenvalue weighted by molar-refractivity contribution is 6.31. The number of hydrogen-bond acceptors (Lipinski definition) is 2. The van der Waals surface area contributed by atoms with Crippen molar-refractivity contribution >= 4 is 34.2 Å². The summed E-state index contributed by atoms with van der Waals surface area (Å²) in [7, 11) is 0. The highest BCUT2D eigenvalue weighted by Gasteiger charge is 2.19. The van der Waals surface area contributed by atoms with Gasteiger partial charge in [-0.25, -0.2) is 9.82 Å². The number of guanidine groups is 1. The molecule has 0 spiro atoms. The number of halogens is 2. The predicted octanol–water partition coefficient (Wildman–Crippen LogP) is 5.06. The molecule has 5 N–H and O–H groups in total. The fourth-order valence-corrected chi connectivity index (χ4v) is 3.59. The molecule has 1 aromatic heterocycles. The molecule has 7 heteroatoms. The Bertz CT molecular complexity index is 1250. The fourth-order valence-electron chi connectivity index (χ4n) is 3.41. The largest absolute Gasteiger partial charge is 0.369 e. The maximum absolute atomic E-state index is 13.8. The van der Waals surface area contributed by atoms with E-state index in [0.717, 1.165) is 33.3 Å². The van der Waals surface area contributed by atoms with Gasteiger partial charge in [0.05, 0.1) is 16.4 Å². The number of H-pyrrole nitrogens is 1. The summed E-state index contributed by atoms with van der Waals surface area (Å²) in [6.07, 6.45) is 0.505. The van der Waals surface area contributed by atoms with E-state index in [-0.39, 0.29) is 11.0 Å². The van der Waals surface area contributed by atoms with Crippen molar-refractivity contribution in [1.29, 1.82) is 5.41 Å². The van der Waals surface area contributed by atoms with Crippen molar-refractivity contribution in [1.82, 2.24) is 10.4 Å². The van der Waals surface area contributed by atoms with Crippen LogP contribution >= 0.6 is 11.6 Å². The monoisotopic (exact) mass is 419 g/mol. The average Bonchev–Trinajstić information content (AvgIpc) is 3.13. The topological polar surface area (TPSA) is 90.1 Å². The lowest BCUT2D eigenvalue weighted by Gasteiger charge is -2.11. The number of para-hydroxylation sites is 1. The number of aromatic nitrogens is 1. The van der Waals surface area contributed by atoms with Crippen molar-refractivity contribution < 1.29 is 4.39 Å². The van der Waals surface area contributed by atoms with E-state index in [2.05, 4.69) is 15.5 Å². The molecule has 0 fully saturated rings. The highest BCUT2D eigenvalue weighted by atomic mass is 35.5. The normalized spacial score (nSPS) is 11.6. The van der Waals surface area contributed by atoms with Gasteiger partial charge in [0, 0.05) is 28.5 Å². The molecule has 0 aliphatic carbocycles. The van der Waals surface area contributed by atoms with Gasteiger partial charge in [0.25, 0.3) is 0 Å². The number of aromatic amines is 1. The first-order valence-electron chi connectivity index (χ1n) is 9.30. The Kier molecular flexibility index (Phi) is 5.50. The summed E-state index contributed by atoms with van der Waals surface area (Å²) in [5.74, 6) is -0.735. The van der Waals surface area contributed by atoms with Crippen LogP contribution in [0.1, 0.15) is 11.1 Å². The first kappa shape index (κ1) is 19.7. The minimum atomic E-state index is -0.477. The van der Waals surface area contributed by atoms with Gasteiger partial charge < -0.3 is 10.7 Å². The van der Waals surface area contributed by atoms with Gasteiger partial charge in [-0.1, -0.05) is 60.1 Å². The first-order chi connectivity index (χ1) is 14.5. The summed E-state index contributed by atoms with van der Waals surface area (Å²) in [6, 6.07) is 22.3. The molecule has 0 aliphatic rings. The zero-order valence-corrected chi connectivity index (χ0v) is 16.7. The Morgan fingerprint density at radius 2 is 1.80 bits per heavy atom. The van der Waals surface area contributed by atoms with E-state index in [1.165, 1.54) is 6.07 Å². The zero-order chi connectivity index (χ0) is 21.1. The SMILES string of the molecule is N=C(N)N/N=C(/Cc1ccccc1)c1c(-c2ccc(F)c(Cl)c2)[nH]c2ccccc12. The van der Waals surface area contributed by atoms with E-state index in [4.69, 9.17) is 22.7 Å². The van der Waals surface area contributed by atoms with Gasteiger partial charge in [-0.15, -0.1) is 0 Å². The van der Waals surface area contributed by atoms with Gasteiger partial charge in [-0.05, 0) is 29.8 Å². The average molecular weight is 420 g/mol. The quantitative estimate of drug-likeness (QED) is 0.207. The Hall–Kier alpha value is -3.64. The molecule has 0 unspecified atom stereocenters. The number of fused-ring (bicyclic) bond motifs is 1. The Labute approximate surface area is 177 Å². The van der Waals surface area contributed by atoms with Crippen LogP contribution in [0.5, 0.6) is 0 Å². The number of nitrogens with two attached hydrogens (primary N) is 1. The van der Waals surface area contributed by atoms with E-state index >= 15 is 0 Å². The van der Waals surface area contributed by atoms with Crippen LogP contribution in [0.2, 0.25) is 5.02 Å². The molecule has 3 aromatic carbocycles. The smallest absolute Gasteiger partial charge is 0.206 e. The van der Waals surface area contributed by atoms with Gasteiger partial charge in [-0.3, -0.25) is 5.41 Å². The van der Waals surface area contributed by atoms with Crippen LogP contribution in [0, 0.1) is 11.2 Å². The van der Waals surface area contributed by atoms with E-state index in [1.54, 1.807) is 12.1 Å². The van der Waals surface area contributed by atoms with Crippen molar-refractivity contribution in [3.63, 3.8) is 0 Å². The van der Waals surface area contributed by atoms with Crippen molar-refractivity contribution in [3.8, 4) is 11.3 Å². The zero-order valence-electron chi connectivity index (χ0n) is 15.9. The van der Waals surface area contributed by atoms with Crippen LogP contribution in [0.15, 0.2) is 77.9 Å². The molecule has 5 nitrogen and oxygen atoms in total. The highest BCUT2D eigenvalue weighted by Crippen LogP contribution is 2.33. The lowest BCUT2D eigenvalue weighted by molar-refractivity contribution is 0.628. The number of nitrogens with one attached hydrogen (secondary N) is 3. The standard InChI is InChI=1S/C23H19ClFN5/c24-17-13-15(10-11-18(17)25)22-21(16-8-4-5-9-19(16)28-22)20(29-30-23(26)27)12-14-6-2-1-3-7-14/h1-11,13,28H,12H2,(H4,26,27,30)/b29-20-. The molecular formula is C23H19ClFN5. The van der Waals surface area contributed by atoms with Crippen LogP contribution in [0.25, 0.3) is 22.2 Å². The lowest BCUT2D eigenvalue weighted by Crippen LogP contribution is -2.27. The molecule has 150 valence electrons. The third-order valence-electron chi connectivity index (χ3n) is 4.73. The second-order valence-electron chi connectivity index (χ2n) is 6.80. The Morgan fingerprint density at radius 1 is 1.07 bits per heavy atom. The van der Waals surface area contributed by atoms with E-state index < -0.39 is 5.82 Å². The second kappa shape index (κ2) is 8.39. The molecule has 0 saturated heterocycles. The molecule has 4 rings (SSSR count). The molecule has 1 heterocycles. The van der Waals surface area contributed by atoms with Gasteiger partial charge in [-0.2, -0.15) is 5.10 Å². The molecule has 0 aliphatic heterocycles. The van der Waals surface area contributed by atoms with E-state index in [1.807, 2.05) is 54.6 Å². The van der Waals surface area contributed by atoms with Crippen LogP contribution in [-0.2, 0) is 6.42 Å². The summed E-state index contributed by atoms with van der Waals surface area (Å²) < 4.78 is 13.8. The summed E-state index contributed by atoms with van der Waals surface area (Å²) in [6.45, 7) is 0. The minimum absolute atomic E-state index is 0.0421. The third kappa shape index (κ3) is 4.04. The number of nitrogens with zero attached hydrogens (tertiary/aromatic N) is 1. The molecule has 4 aromatic rings. The van der Waals surface area contributed by atoms with E-state index in [9.17, 15) is 4.39 Å². The van der Waals surface area contributed by atoms with Gasteiger partial charge in [0.2, 0.25) is 5.96 Å². The third-order valence-corrected chi connectivity index (χ3v) is 5.02. The van der Waals surface area contributed by atoms with Crippen LogP contribution < -0.4 is 11.2 Å². The Balaban J connectivity index is 1.93. The van der Waals surface area contributed by atoms with Crippen molar-refractivity contribution in [3.05, 3.63) is 94.8 Å². The lowest BCUT2D eigenvalue weighted by atomic mass is 9.96. The maximum atomic E-state index is 13.8. The molecule has 0 atom stereocenters. The molecule has 0 amide bonds. The number of hydrogen-bond donors (Lipinski definition) is 4. The molecule has 0 saturated carbocycles. The summed E-state index contributed by atoms with van der Waals surface area (Å²) in [5, 5.41) is 12.9. The maximum Gasteiger partial charge on any atom is 0.206 e. The predicted molar refractivity (Wildman–Crippen MR) is 120 cm³/mol. The number of rotatable bonds is 5. The summed E-state index contributed by atoms with van der Waals surface area (Å²) >= 11 is 6.05. The van der Waals surface area contributed by atoms with Gasteiger partial charge in [0.15, 0.2) is 0 Å². The molecule has 0 bridgehead atoms. The van der Waals surface area contributed by atoms with Gasteiger partial charge >= 0.3 is 0 Å². The van der Waals surface area contributed by atoms with Crippen LogP contribution in [0.3, 0.4) is 0 Å². The summed E-state index contributed by atoms with van der Waals surface area (Å²) in [4.78, 5) is 3.41. The van der Waals surface area contributed by atoms with Crippen molar-refractivity contribution in [2.75, 3.05) is 0 Å². The van der Waals surface area contributed by atoms with Crippen LogP contribution in [-0.4, -0.2) is 16.7 Å². The summed E-state index contributed by atoms with van der Waals surface area (Å²) in [5.41, 5.74) is 13.0. The molecule has 0 radical (unpaired) electrons. The Morgan fingerprint density at radius 3 is 2.53 bits per heavy atom. The van der Waals surface area contributed by atoms with Crippen molar-refractivity contribution in [2.24, 2.45) is 10.8 Å². The minimum Gasteiger partial charge on any atom is -0.369 e. The van der Waals surface area contributed by atoms with Crippen molar-refractivity contribution in [2.45, 2.75) is 6.42 Å².